The molecule has 0 spiro atoms. The molecule has 1 unspecified atom stereocenters. The molecule has 112 valence electrons. The van der Waals surface area contributed by atoms with Crippen molar-refractivity contribution in [2.45, 2.75) is 32.4 Å². The molecular formula is C14H14Cl2N2O2S. The van der Waals surface area contributed by atoms with Crippen LogP contribution in [0.1, 0.15) is 20.3 Å². The lowest BCUT2D eigenvalue weighted by Crippen LogP contribution is -2.44. The second kappa shape index (κ2) is 6.30. The summed E-state index contributed by atoms with van der Waals surface area (Å²) < 4.78 is 0. The summed E-state index contributed by atoms with van der Waals surface area (Å²) in [5.74, 6) is -0.598. The van der Waals surface area contributed by atoms with E-state index in [1.54, 1.807) is 23.1 Å². The fourth-order valence-corrected chi connectivity index (χ4v) is 3.25. The van der Waals surface area contributed by atoms with Crippen molar-refractivity contribution >= 4 is 58.4 Å². The van der Waals surface area contributed by atoms with E-state index >= 15 is 0 Å². The highest BCUT2D eigenvalue weighted by atomic mass is 35.5. The summed E-state index contributed by atoms with van der Waals surface area (Å²) in [6.07, 6.45) is 0.0916. The minimum Gasteiger partial charge on any atom is -0.354 e. The second-order valence-electron chi connectivity index (χ2n) is 5.06. The maximum absolute atomic E-state index is 12.6. The first kappa shape index (κ1) is 16.2. The smallest absolute Gasteiger partial charge is 0.257 e. The Bertz CT molecular complexity index is 586. The lowest BCUT2D eigenvalue weighted by molar-refractivity contribution is -0.122. The zero-order valence-electron chi connectivity index (χ0n) is 11.5. The molecule has 0 aliphatic carbocycles. The van der Waals surface area contributed by atoms with E-state index in [4.69, 9.17) is 35.4 Å². The fourth-order valence-electron chi connectivity index (χ4n) is 2.34. The Labute approximate surface area is 138 Å². The van der Waals surface area contributed by atoms with Gasteiger partial charge in [-0.05, 0) is 32.0 Å². The van der Waals surface area contributed by atoms with Crippen molar-refractivity contribution in [1.82, 2.24) is 4.90 Å². The van der Waals surface area contributed by atoms with Crippen LogP contribution in [-0.2, 0) is 9.59 Å². The number of hydrogen-bond acceptors (Lipinski definition) is 3. The number of benzene rings is 1. The van der Waals surface area contributed by atoms with Gasteiger partial charge >= 0.3 is 0 Å². The minimum atomic E-state index is -0.576. The van der Waals surface area contributed by atoms with Crippen LogP contribution in [0.5, 0.6) is 0 Å². The van der Waals surface area contributed by atoms with Gasteiger partial charge in [-0.15, -0.1) is 0 Å². The molecule has 0 saturated carbocycles. The van der Waals surface area contributed by atoms with Crippen LogP contribution in [0.2, 0.25) is 10.0 Å². The van der Waals surface area contributed by atoms with E-state index < -0.39 is 6.04 Å². The van der Waals surface area contributed by atoms with Crippen LogP contribution in [0.15, 0.2) is 18.2 Å². The van der Waals surface area contributed by atoms with Gasteiger partial charge in [-0.1, -0.05) is 35.4 Å². The van der Waals surface area contributed by atoms with Crippen molar-refractivity contribution in [1.29, 1.82) is 0 Å². The number of hydrogen-bond donors (Lipinski definition) is 0. The molecule has 0 N–H and O–H groups in total. The normalized spacial score (nSPS) is 18.5. The molecule has 1 saturated heterocycles. The highest BCUT2D eigenvalue weighted by Crippen LogP contribution is 2.30. The van der Waals surface area contributed by atoms with Gasteiger partial charge in [-0.2, -0.15) is 0 Å². The topological polar surface area (TPSA) is 40.6 Å². The van der Waals surface area contributed by atoms with E-state index in [-0.39, 0.29) is 24.3 Å². The molecule has 0 radical (unpaired) electrons. The number of rotatable bonds is 4. The molecule has 1 fully saturated rings. The van der Waals surface area contributed by atoms with E-state index in [1.165, 1.54) is 5.49 Å². The third-order valence-electron chi connectivity index (χ3n) is 3.31. The fraction of sp³-hybridized carbons (Fsp3) is 0.357. The van der Waals surface area contributed by atoms with Crippen LogP contribution in [0.3, 0.4) is 0 Å². The molecule has 1 aromatic rings. The van der Waals surface area contributed by atoms with Crippen molar-refractivity contribution in [3.63, 3.8) is 0 Å². The van der Waals surface area contributed by atoms with Crippen molar-refractivity contribution in [3.8, 4) is 0 Å². The average Bonchev–Trinajstić information content (AvgIpc) is 2.64. The number of carbonyl (C=O) groups is 2. The minimum absolute atomic E-state index is 0.0344. The summed E-state index contributed by atoms with van der Waals surface area (Å²) in [6.45, 7) is 3.83. The Balaban J connectivity index is 2.36. The van der Waals surface area contributed by atoms with E-state index in [0.29, 0.717) is 15.7 Å². The van der Waals surface area contributed by atoms with Gasteiger partial charge in [0.2, 0.25) is 5.91 Å². The van der Waals surface area contributed by atoms with Gasteiger partial charge in [-0.3, -0.25) is 9.59 Å². The number of carbonyl (C=O) groups excluding carboxylic acids is 2. The Morgan fingerprint density at radius 3 is 2.33 bits per heavy atom. The lowest BCUT2D eigenvalue weighted by atomic mass is 10.2. The molecule has 1 atom stereocenters. The standard InChI is InChI=1S/C14H14Cl2N2O2S/c1-8(2)17(7-21)12-6-13(19)18(14(12)20)11-4-9(15)3-10(16)5-11/h3-5,7-8,12H,6H2,1-2H3. The predicted molar refractivity (Wildman–Crippen MR) is 88.0 cm³/mol. The van der Waals surface area contributed by atoms with E-state index in [1.807, 2.05) is 13.8 Å². The lowest BCUT2D eigenvalue weighted by Gasteiger charge is -2.28. The molecule has 0 bridgehead atoms. The van der Waals surface area contributed by atoms with Gasteiger partial charge in [0.15, 0.2) is 0 Å². The summed E-state index contributed by atoms with van der Waals surface area (Å²) in [6, 6.07) is 4.10. The molecule has 1 heterocycles. The zero-order valence-corrected chi connectivity index (χ0v) is 13.9. The largest absolute Gasteiger partial charge is 0.354 e. The number of anilines is 1. The van der Waals surface area contributed by atoms with Crippen LogP contribution >= 0.6 is 35.4 Å². The molecule has 1 aliphatic rings. The third kappa shape index (κ3) is 3.20. The van der Waals surface area contributed by atoms with Gasteiger partial charge in [0.1, 0.15) is 6.04 Å². The summed E-state index contributed by atoms with van der Waals surface area (Å²) in [5.41, 5.74) is 1.81. The molecule has 2 rings (SSSR count). The first-order valence-electron chi connectivity index (χ1n) is 6.40. The first-order valence-corrected chi connectivity index (χ1v) is 7.63. The van der Waals surface area contributed by atoms with Crippen LogP contribution in [0.25, 0.3) is 0 Å². The summed E-state index contributed by atoms with van der Waals surface area (Å²) in [4.78, 5) is 27.6. The molecule has 4 nitrogen and oxygen atoms in total. The van der Waals surface area contributed by atoms with E-state index in [9.17, 15) is 9.59 Å². The Hall–Kier alpha value is -1.17. The van der Waals surface area contributed by atoms with E-state index in [2.05, 4.69) is 0 Å². The number of nitrogens with zero attached hydrogens (tertiary/aromatic N) is 2. The third-order valence-corrected chi connectivity index (χ3v) is 3.99. The molecular weight excluding hydrogens is 331 g/mol. The molecule has 7 heteroatoms. The first-order chi connectivity index (χ1) is 9.85. The number of halogens is 2. The predicted octanol–water partition coefficient (Wildman–Crippen LogP) is 3.29. The summed E-state index contributed by atoms with van der Waals surface area (Å²) in [7, 11) is 0. The van der Waals surface area contributed by atoms with Crippen LogP contribution in [0, 0.1) is 0 Å². The summed E-state index contributed by atoms with van der Waals surface area (Å²) in [5, 5.41) is 0.745. The van der Waals surface area contributed by atoms with Crippen molar-refractivity contribution in [2.24, 2.45) is 0 Å². The molecule has 2 amide bonds. The Morgan fingerprint density at radius 1 is 1.29 bits per heavy atom. The van der Waals surface area contributed by atoms with Crippen LogP contribution in [0.4, 0.5) is 5.69 Å². The van der Waals surface area contributed by atoms with Gasteiger partial charge in [0.25, 0.3) is 5.91 Å². The van der Waals surface area contributed by atoms with Crippen molar-refractivity contribution in [2.75, 3.05) is 4.90 Å². The number of amides is 2. The van der Waals surface area contributed by atoms with Crippen molar-refractivity contribution in [3.05, 3.63) is 28.2 Å². The Kier molecular flexibility index (Phi) is 4.86. The molecule has 1 aromatic carbocycles. The monoisotopic (exact) mass is 344 g/mol. The van der Waals surface area contributed by atoms with Gasteiger partial charge < -0.3 is 4.90 Å². The zero-order chi connectivity index (χ0) is 15.7. The van der Waals surface area contributed by atoms with Gasteiger partial charge in [-0.25, -0.2) is 4.90 Å². The van der Waals surface area contributed by atoms with Crippen LogP contribution < -0.4 is 4.90 Å². The van der Waals surface area contributed by atoms with Crippen molar-refractivity contribution < 1.29 is 9.59 Å². The number of thiocarbonyl (C=S) groups is 1. The summed E-state index contributed by atoms with van der Waals surface area (Å²) >= 11 is 16.8. The Morgan fingerprint density at radius 2 is 1.86 bits per heavy atom. The quantitative estimate of drug-likeness (QED) is 0.620. The maximum Gasteiger partial charge on any atom is 0.257 e. The number of imide groups is 1. The van der Waals surface area contributed by atoms with E-state index in [0.717, 1.165) is 4.90 Å². The second-order valence-corrected chi connectivity index (χ2v) is 6.15. The van der Waals surface area contributed by atoms with Gasteiger partial charge in [0.05, 0.1) is 17.6 Å². The highest BCUT2D eigenvalue weighted by Gasteiger charge is 2.42. The molecule has 0 aromatic heterocycles. The maximum atomic E-state index is 12.6. The molecule has 1 aliphatic heterocycles. The highest BCUT2D eigenvalue weighted by molar-refractivity contribution is 7.78. The average molecular weight is 345 g/mol. The van der Waals surface area contributed by atoms with Gasteiger partial charge in [0, 0.05) is 16.1 Å². The molecule has 21 heavy (non-hydrogen) atoms. The SMILES string of the molecule is CC(C)N(C=S)C1CC(=O)N(c2cc(Cl)cc(Cl)c2)C1=O. The van der Waals surface area contributed by atoms with Crippen LogP contribution in [-0.4, -0.2) is 34.3 Å².